The summed E-state index contributed by atoms with van der Waals surface area (Å²) < 4.78 is 0. The van der Waals surface area contributed by atoms with Gasteiger partial charge in [-0.2, -0.15) is 0 Å². The average Bonchev–Trinajstić information content (AvgIpc) is 3.09. The molecule has 2 aliphatic rings. The number of hydrogen-bond donors (Lipinski definition) is 3. The van der Waals surface area contributed by atoms with E-state index in [9.17, 15) is 9.90 Å². The highest BCUT2D eigenvalue weighted by Crippen LogP contribution is 2.47. The van der Waals surface area contributed by atoms with Crippen molar-refractivity contribution >= 4 is 5.91 Å². The zero-order valence-corrected chi connectivity index (χ0v) is 12.3. The lowest BCUT2D eigenvalue weighted by Gasteiger charge is -2.22. The van der Waals surface area contributed by atoms with Crippen molar-refractivity contribution in [3.8, 4) is 5.75 Å². The number of nitrogens with two attached hydrogens (primary N) is 1. The normalized spacial score (nSPS) is 28.5. The maximum absolute atomic E-state index is 12.1. The fourth-order valence-electron chi connectivity index (χ4n) is 3.97. The fourth-order valence-corrected chi connectivity index (χ4v) is 3.97. The van der Waals surface area contributed by atoms with Crippen molar-refractivity contribution in [1.82, 2.24) is 5.32 Å². The van der Waals surface area contributed by atoms with Gasteiger partial charge in [-0.3, -0.25) is 4.79 Å². The Morgan fingerprint density at radius 2 is 2.05 bits per heavy atom. The van der Waals surface area contributed by atoms with Crippen LogP contribution in [0.4, 0.5) is 0 Å². The number of benzene rings is 1. The summed E-state index contributed by atoms with van der Waals surface area (Å²) in [6.45, 7) is 0.781. The number of fused-ring (bicyclic) bond motifs is 2. The van der Waals surface area contributed by atoms with Gasteiger partial charge in [0.05, 0.1) is 6.04 Å². The largest absolute Gasteiger partial charge is 0.508 e. The average molecular weight is 288 g/mol. The molecule has 21 heavy (non-hydrogen) atoms. The molecule has 4 unspecified atom stereocenters. The molecule has 2 saturated carbocycles. The summed E-state index contributed by atoms with van der Waals surface area (Å²) >= 11 is 0. The van der Waals surface area contributed by atoms with Gasteiger partial charge in [-0.05, 0) is 61.1 Å². The maximum atomic E-state index is 12.1. The Kier molecular flexibility index (Phi) is 4.15. The van der Waals surface area contributed by atoms with Crippen molar-refractivity contribution in [3.05, 3.63) is 29.8 Å². The van der Waals surface area contributed by atoms with Crippen molar-refractivity contribution in [2.24, 2.45) is 23.5 Å². The van der Waals surface area contributed by atoms with Crippen LogP contribution in [0, 0.1) is 17.8 Å². The molecule has 1 amide bonds. The van der Waals surface area contributed by atoms with E-state index in [0.717, 1.165) is 23.9 Å². The molecule has 1 aromatic carbocycles. The lowest BCUT2D eigenvalue weighted by atomic mass is 9.89. The van der Waals surface area contributed by atoms with Gasteiger partial charge in [-0.1, -0.05) is 18.6 Å². The van der Waals surface area contributed by atoms with E-state index in [0.29, 0.717) is 12.3 Å². The van der Waals surface area contributed by atoms with E-state index in [1.807, 2.05) is 0 Å². The number of amides is 1. The van der Waals surface area contributed by atoms with Gasteiger partial charge >= 0.3 is 0 Å². The molecule has 0 heterocycles. The second-order valence-corrected chi connectivity index (χ2v) is 6.66. The first-order chi connectivity index (χ1) is 10.1. The molecule has 0 radical (unpaired) electrons. The Hall–Kier alpha value is -1.55. The quantitative estimate of drug-likeness (QED) is 0.773. The van der Waals surface area contributed by atoms with Crippen LogP contribution < -0.4 is 11.1 Å². The summed E-state index contributed by atoms with van der Waals surface area (Å²) in [6, 6.07) is 6.33. The predicted octanol–water partition coefficient (Wildman–Crippen LogP) is 1.81. The third-order valence-electron chi connectivity index (χ3n) is 5.15. The van der Waals surface area contributed by atoms with Crippen molar-refractivity contribution in [1.29, 1.82) is 0 Å². The maximum Gasteiger partial charge on any atom is 0.237 e. The van der Waals surface area contributed by atoms with Crippen molar-refractivity contribution in [2.45, 2.75) is 38.1 Å². The molecule has 0 spiro atoms. The standard InChI is InChI=1S/C17H24N2O2/c18-16(9-11-2-5-15(20)6-3-11)17(21)19-10-14-8-12-1-4-13(14)7-12/h2-3,5-6,12-14,16,20H,1,4,7-10,18H2,(H,19,21). The van der Waals surface area contributed by atoms with Crippen LogP contribution in [0.2, 0.25) is 0 Å². The van der Waals surface area contributed by atoms with Gasteiger partial charge in [-0.15, -0.1) is 0 Å². The number of hydrogen-bond acceptors (Lipinski definition) is 3. The summed E-state index contributed by atoms with van der Waals surface area (Å²) in [7, 11) is 0. The van der Waals surface area contributed by atoms with Crippen LogP contribution >= 0.6 is 0 Å². The molecular weight excluding hydrogens is 264 g/mol. The smallest absolute Gasteiger partial charge is 0.237 e. The highest BCUT2D eigenvalue weighted by molar-refractivity contribution is 5.81. The lowest BCUT2D eigenvalue weighted by Crippen LogP contribution is -2.44. The van der Waals surface area contributed by atoms with Crippen LogP contribution in [-0.4, -0.2) is 23.6 Å². The van der Waals surface area contributed by atoms with E-state index < -0.39 is 6.04 Å². The zero-order chi connectivity index (χ0) is 14.8. The van der Waals surface area contributed by atoms with E-state index in [2.05, 4.69) is 5.32 Å². The molecule has 2 fully saturated rings. The Bertz CT molecular complexity index is 500. The van der Waals surface area contributed by atoms with Crippen LogP contribution in [0.5, 0.6) is 5.75 Å². The Morgan fingerprint density at radius 3 is 2.67 bits per heavy atom. The van der Waals surface area contributed by atoms with Crippen LogP contribution in [-0.2, 0) is 11.2 Å². The summed E-state index contributed by atoms with van der Waals surface area (Å²) in [5, 5.41) is 12.3. The number of nitrogens with one attached hydrogen (secondary N) is 1. The van der Waals surface area contributed by atoms with Crippen molar-refractivity contribution in [3.63, 3.8) is 0 Å². The van der Waals surface area contributed by atoms with Crippen molar-refractivity contribution < 1.29 is 9.90 Å². The van der Waals surface area contributed by atoms with Crippen LogP contribution in [0.1, 0.15) is 31.2 Å². The highest BCUT2D eigenvalue weighted by Gasteiger charge is 2.39. The number of phenolic OH excluding ortho intramolecular Hbond substituents is 1. The van der Waals surface area contributed by atoms with E-state index in [4.69, 9.17) is 5.73 Å². The molecule has 4 heteroatoms. The predicted molar refractivity (Wildman–Crippen MR) is 81.7 cm³/mol. The lowest BCUT2D eigenvalue weighted by molar-refractivity contribution is -0.122. The first-order valence-electron chi connectivity index (χ1n) is 7.93. The van der Waals surface area contributed by atoms with Crippen LogP contribution in [0.3, 0.4) is 0 Å². The summed E-state index contributed by atoms with van der Waals surface area (Å²) in [5.74, 6) is 2.55. The second kappa shape index (κ2) is 6.06. The van der Waals surface area contributed by atoms with Crippen molar-refractivity contribution in [2.75, 3.05) is 6.54 Å². The highest BCUT2D eigenvalue weighted by atomic mass is 16.3. The van der Waals surface area contributed by atoms with E-state index in [1.54, 1.807) is 24.3 Å². The van der Waals surface area contributed by atoms with E-state index in [1.165, 1.54) is 25.7 Å². The minimum atomic E-state index is -0.520. The molecule has 0 aliphatic heterocycles. The molecule has 2 bridgehead atoms. The molecular formula is C17H24N2O2. The number of phenols is 1. The number of rotatable bonds is 5. The summed E-state index contributed by atoms with van der Waals surface area (Å²) in [4.78, 5) is 12.1. The molecule has 114 valence electrons. The fraction of sp³-hybridized carbons (Fsp3) is 0.588. The van der Waals surface area contributed by atoms with Gasteiger partial charge < -0.3 is 16.2 Å². The monoisotopic (exact) mass is 288 g/mol. The summed E-state index contributed by atoms with van der Waals surface area (Å²) in [5.41, 5.74) is 6.94. The first kappa shape index (κ1) is 14.4. The van der Waals surface area contributed by atoms with Crippen LogP contribution in [0.15, 0.2) is 24.3 Å². The summed E-state index contributed by atoms with van der Waals surface area (Å²) in [6.07, 6.45) is 5.86. The number of carbonyl (C=O) groups is 1. The molecule has 2 aliphatic carbocycles. The van der Waals surface area contributed by atoms with E-state index in [-0.39, 0.29) is 11.7 Å². The van der Waals surface area contributed by atoms with Gasteiger partial charge in [-0.25, -0.2) is 0 Å². The van der Waals surface area contributed by atoms with Gasteiger partial charge in [0.25, 0.3) is 0 Å². The minimum Gasteiger partial charge on any atom is -0.508 e. The van der Waals surface area contributed by atoms with Gasteiger partial charge in [0.2, 0.25) is 5.91 Å². The molecule has 3 rings (SSSR count). The van der Waals surface area contributed by atoms with Gasteiger partial charge in [0, 0.05) is 6.54 Å². The Balaban J connectivity index is 1.45. The molecule has 4 atom stereocenters. The van der Waals surface area contributed by atoms with Gasteiger partial charge in [0.15, 0.2) is 0 Å². The third-order valence-corrected chi connectivity index (χ3v) is 5.15. The van der Waals surface area contributed by atoms with Crippen LogP contribution in [0.25, 0.3) is 0 Å². The topological polar surface area (TPSA) is 75.3 Å². The molecule has 1 aromatic rings. The zero-order valence-electron chi connectivity index (χ0n) is 12.3. The molecule has 4 N–H and O–H groups in total. The Labute approximate surface area is 125 Å². The minimum absolute atomic E-state index is 0.0640. The first-order valence-corrected chi connectivity index (χ1v) is 7.93. The number of carbonyl (C=O) groups excluding carboxylic acids is 1. The third kappa shape index (κ3) is 3.38. The molecule has 0 saturated heterocycles. The number of aromatic hydroxyl groups is 1. The molecule has 4 nitrogen and oxygen atoms in total. The molecule has 0 aromatic heterocycles. The van der Waals surface area contributed by atoms with E-state index >= 15 is 0 Å². The second-order valence-electron chi connectivity index (χ2n) is 6.66. The Morgan fingerprint density at radius 1 is 1.29 bits per heavy atom. The van der Waals surface area contributed by atoms with Gasteiger partial charge in [0.1, 0.15) is 5.75 Å². The SMILES string of the molecule is NC(Cc1ccc(O)cc1)C(=O)NCC1CC2CCC1C2.